The molecule has 0 spiro atoms. The quantitative estimate of drug-likeness (QED) is 0.768. The van der Waals surface area contributed by atoms with E-state index in [2.05, 4.69) is 31.0 Å². The van der Waals surface area contributed by atoms with Crippen molar-refractivity contribution in [2.75, 3.05) is 20.1 Å². The molecular formula is C13H26N2O3. The van der Waals surface area contributed by atoms with Gasteiger partial charge in [0.05, 0.1) is 12.2 Å². The average molecular weight is 258 g/mol. The molecule has 1 fully saturated rings. The number of hydrogen-bond acceptors (Lipinski definition) is 4. The van der Waals surface area contributed by atoms with Gasteiger partial charge in [-0.05, 0) is 41.2 Å². The number of carbonyl (C=O) groups is 1. The van der Waals surface area contributed by atoms with Crippen LogP contribution in [0.25, 0.3) is 0 Å². The molecule has 0 aromatic carbocycles. The third-order valence-corrected chi connectivity index (χ3v) is 3.80. The summed E-state index contributed by atoms with van der Waals surface area (Å²) >= 11 is 0. The molecule has 4 atom stereocenters. The molecule has 5 nitrogen and oxygen atoms in total. The Morgan fingerprint density at radius 3 is 2.39 bits per heavy atom. The molecule has 1 aliphatic rings. The largest absolute Gasteiger partial charge is 0.480 e. The van der Waals surface area contributed by atoms with E-state index in [1.807, 2.05) is 0 Å². The maximum Gasteiger partial charge on any atom is 0.323 e. The second kappa shape index (κ2) is 5.99. The van der Waals surface area contributed by atoms with Gasteiger partial charge in [-0.3, -0.25) is 9.69 Å². The zero-order chi connectivity index (χ0) is 13.9. The summed E-state index contributed by atoms with van der Waals surface area (Å²) in [5, 5.41) is 12.2. The van der Waals surface area contributed by atoms with Gasteiger partial charge in [0.25, 0.3) is 0 Å². The van der Waals surface area contributed by atoms with Gasteiger partial charge >= 0.3 is 5.97 Å². The topological polar surface area (TPSA) is 61.8 Å². The minimum atomic E-state index is -0.871. The third-order valence-electron chi connectivity index (χ3n) is 3.80. The van der Waals surface area contributed by atoms with Crippen LogP contribution in [0.3, 0.4) is 0 Å². The molecule has 1 rings (SSSR count). The summed E-state index contributed by atoms with van der Waals surface area (Å²) in [5.74, 6) is -0.800. The van der Waals surface area contributed by atoms with Gasteiger partial charge in [0.2, 0.25) is 0 Å². The van der Waals surface area contributed by atoms with Gasteiger partial charge in [0.1, 0.15) is 5.54 Å². The van der Waals surface area contributed by atoms with Crippen molar-refractivity contribution in [1.82, 2.24) is 10.2 Å². The molecule has 5 heteroatoms. The van der Waals surface area contributed by atoms with Gasteiger partial charge in [-0.2, -0.15) is 0 Å². The van der Waals surface area contributed by atoms with Crippen LogP contribution in [0.1, 0.15) is 34.1 Å². The Morgan fingerprint density at radius 2 is 2.00 bits per heavy atom. The van der Waals surface area contributed by atoms with Crippen LogP contribution in [0.4, 0.5) is 0 Å². The predicted octanol–water partition coefficient (Wildman–Crippen LogP) is 0.937. The van der Waals surface area contributed by atoms with Crippen molar-refractivity contribution in [3.63, 3.8) is 0 Å². The summed E-state index contributed by atoms with van der Waals surface area (Å²) < 4.78 is 5.70. The number of nitrogens with one attached hydrogen (secondary N) is 1. The maximum atomic E-state index is 11.3. The van der Waals surface area contributed by atoms with Gasteiger partial charge in [0, 0.05) is 19.1 Å². The third kappa shape index (κ3) is 3.67. The lowest BCUT2D eigenvalue weighted by molar-refractivity contribution is -0.145. The average Bonchev–Trinajstić information content (AvgIpc) is 2.27. The highest BCUT2D eigenvalue weighted by molar-refractivity contribution is 5.78. The Hall–Kier alpha value is -0.650. The summed E-state index contributed by atoms with van der Waals surface area (Å²) in [5.41, 5.74) is -0.871. The van der Waals surface area contributed by atoms with E-state index >= 15 is 0 Å². The Balaban J connectivity index is 2.64. The Kier molecular flexibility index (Phi) is 5.13. The highest BCUT2D eigenvalue weighted by Crippen LogP contribution is 2.20. The molecule has 1 saturated heterocycles. The Bertz CT molecular complexity index is 288. The molecule has 0 bridgehead atoms. The van der Waals surface area contributed by atoms with Crippen molar-refractivity contribution in [2.45, 2.75) is 57.9 Å². The maximum absolute atomic E-state index is 11.3. The van der Waals surface area contributed by atoms with Gasteiger partial charge in [-0.15, -0.1) is 0 Å². The van der Waals surface area contributed by atoms with Crippen LogP contribution >= 0.6 is 0 Å². The molecule has 106 valence electrons. The zero-order valence-corrected chi connectivity index (χ0v) is 12.1. The number of hydrogen-bond donors (Lipinski definition) is 2. The van der Waals surface area contributed by atoms with Crippen molar-refractivity contribution in [3.05, 3.63) is 0 Å². The van der Waals surface area contributed by atoms with Crippen molar-refractivity contribution in [2.24, 2.45) is 0 Å². The normalized spacial score (nSPS) is 30.7. The van der Waals surface area contributed by atoms with Crippen LogP contribution in [-0.4, -0.2) is 59.9 Å². The monoisotopic (exact) mass is 258 g/mol. The smallest absolute Gasteiger partial charge is 0.323 e. The van der Waals surface area contributed by atoms with E-state index in [-0.39, 0.29) is 18.2 Å². The van der Waals surface area contributed by atoms with Crippen LogP contribution in [0.5, 0.6) is 0 Å². The molecule has 0 aromatic heterocycles. The fourth-order valence-corrected chi connectivity index (χ4v) is 2.59. The summed E-state index contributed by atoms with van der Waals surface area (Å²) in [6, 6.07) is 0.215. The number of nitrogens with zero attached hydrogens (tertiary/aromatic N) is 1. The standard InChI is InChI=1S/C13H26N2O3/c1-9(6-13(4,14-5)12(16)17)15-7-10(2)18-11(3)8-15/h9-11,14H,6-8H2,1-5H3,(H,16,17)/t9?,10-,11+,13?. The first-order valence-corrected chi connectivity index (χ1v) is 6.60. The highest BCUT2D eigenvalue weighted by atomic mass is 16.5. The van der Waals surface area contributed by atoms with E-state index in [4.69, 9.17) is 4.74 Å². The molecule has 0 amide bonds. The summed E-state index contributed by atoms with van der Waals surface area (Å²) in [6.07, 6.45) is 1.00. The molecule has 18 heavy (non-hydrogen) atoms. The highest BCUT2D eigenvalue weighted by Gasteiger charge is 2.36. The Morgan fingerprint density at radius 1 is 1.50 bits per heavy atom. The molecular weight excluding hydrogens is 232 g/mol. The first-order chi connectivity index (χ1) is 8.28. The lowest BCUT2D eigenvalue weighted by Gasteiger charge is -2.41. The molecule has 1 heterocycles. The van der Waals surface area contributed by atoms with Crippen LogP contribution in [0.2, 0.25) is 0 Å². The first kappa shape index (κ1) is 15.4. The molecule has 0 aromatic rings. The number of morpholine rings is 1. The predicted molar refractivity (Wildman–Crippen MR) is 70.8 cm³/mol. The number of ether oxygens (including phenoxy) is 1. The number of carboxylic acids is 1. The van der Waals surface area contributed by atoms with E-state index < -0.39 is 11.5 Å². The minimum absolute atomic E-state index is 0.210. The minimum Gasteiger partial charge on any atom is -0.480 e. The lowest BCUT2D eigenvalue weighted by Crippen LogP contribution is -2.55. The molecule has 1 aliphatic heterocycles. The van der Waals surface area contributed by atoms with Crippen LogP contribution in [0, 0.1) is 0 Å². The van der Waals surface area contributed by atoms with Gasteiger partial charge in [0.15, 0.2) is 0 Å². The van der Waals surface area contributed by atoms with E-state index in [1.165, 1.54) is 0 Å². The summed E-state index contributed by atoms with van der Waals surface area (Å²) in [4.78, 5) is 13.6. The van der Waals surface area contributed by atoms with Gasteiger partial charge in [-0.25, -0.2) is 0 Å². The number of aliphatic carboxylic acids is 1. The van der Waals surface area contributed by atoms with Crippen LogP contribution in [0.15, 0.2) is 0 Å². The molecule has 0 aliphatic carbocycles. The SMILES string of the molecule is CNC(C)(CC(C)N1C[C@@H](C)O[C@@H](C)C1)C(=O)O. The molecule has 2 unspecified atom stereocenters. The van der Waals surface area contributed by atoms with Gasteiger partial charge in [-0.1, -0.05) is 0 Å². The van der Waals surface area contributed by atoms with Crippen molar-refractivity contribution in [1.29, 1.82) is 0 Å². The lowest BCUT2D eigenvalue weighted by atomic mass is 9.92. The molecule has 0 radical (unpaired) electrons. The van der Waals surface area contributed by atoms with E-state index in [9.17, 15) is 9.90 Å². The number of rotatable bonds is 5. The number of likely N-dealkylation sites (N-methyl/N-ethyl adjacent to an activating group) is 1. The first-order valence-electron chi connectivity index (χ1n) is 6.60. The molecule has 0 saturated carbocycles. The van der Waals surface area contributed by atoms with Gasteiger partial charge < -0.3 is 15.2 Å². The van der Waals surface area contributed by atoms with E-state index in [1.54, 1.807) is 14.0 Å². The van der Waals surface area contributed by atoms with Crippen LogP contribution in [-0.2, 0) is 9.53 Å². The fourth-order valence-electron chi connectivity index (χ4n) is 2.59. The van der Waals surface area contributed by atoms with E-state index in [0.29, 0.717) is 6.42 Å². The number of carboxylic acid groups (broad SMARTS) is 1. The van der Waals surface area contributed by atoms with E-state index in [0.717, 1.165) is 13.1 Å². The summed E-state index contributed by atoms with van der Waals surface area (Å²) in [7, 11) is 1.70. The van der Waals surface area contributed by atoms with Crippen molar-refractivity contribution >= 4 is 5.97 Å². The fraction of sp³-hybridized carbons (Fsp3) is 0.923. The Labute approximate surface area is 109 Å². The van der Waals surface area contributed by atoms with Crippen LogP contribution < -0.4 is 5.32 Å². The zero-order valence-electron chi connectivity index (χ0n) is 12.1. The second-order valence-electron chi connectivity index (χ2n) is 5.65. The van der Waals surface area contributed by atoms with Crippen molar-refractivity contribution in [3.8, 4) is 0 Å². The summed E-state index contributed by atoms with van der Waals surface area (Å²) in [6.45, 7) is 9.67. The molecule has 2 N–H and O–H groups in total. The van der Waals surface area contributed by atoms with Crippen molar-refractivity contribution < 1.29 is 14.6 Å². The second-order valence-corrected chi connectivity index (χ2v) is 5.65.